The number of ether oxygens (including phenoxy) is 1. The molecule has 3 rings (SSSR count). The Morgan fingerprint density at radius 2 is 1.70 bits per heavy atom. The van der Waals surface area contributed by atoms with Crippen LogP contribution in [0.2, 0.25) is 0 Å². The number of carbonyl (C=O) groups excluding carboxylic acids is 3. The largest absolute Gasteiger partial charge is 0.469 e. The second kappa shape index (κ2) is 8.09. The van der Waals surface area contributed by atoms with Crippen LogP contribution in [0.3, 0.4) is 0 Å². The van der Waals surface area contributed by atoms with Crippen molar-refractivity contribution < 1.29 is 19.1 Å². The molecule has 0 bridgehead atoms. The quantitative estimate of drug-likeness (QED) is 0.548. The number of esters is 1. The van der Waals surface area contributed by atoms with Gasteiger partial charge in [-0.15, -0.1) is 0 Å². The average molecular weight is 363 g/mol. The summed E-state index contributed by atoms with van der Waals surface area (Å²) in [5.41, 5.74) is 1.70. The first-order valence-corrected chi connectivity index (χ1v) is 8.17. The molecule has 2 aromatic carbocycles. The Balaban J connectivity index is 1.65. The van der Waals surface area contributed by atoms with E-state index < -0.39 is 11.8 Å². The van der Waals surface area contributed by atoms with Gasteiger partial charge in [-0.1, -0.05) is 24.3 Å². The van der Waals surface area contributed by atoms with Crippen molar-refractivity contribution in [3.63, 3.8) is 0 Å². The summed E-state index contributed by atoms with van der Waals surface area (Å²) in [6.45, 7) is 0. The van der Waals surface area contributed by atoms with Gasteiger partial charge < -0.3 is 15.4 Å². The average Bonchev–Trinajstić information content (AvgIpc) is 2.69. The number of fused-ring (bicyclic) bond motifs is 1. The Kier molecular flexibility index (Phi) is 5.41. The molecule has 0 aliphatic heterocycles. The van der Waals surface area contributed by atoms with Crippen LogP contribution in [0, 0.1) is 0 Å². The predicted octanol–water partition coefficient (Wildman–Crippen LogP) is 2.53. The summed E-state index contributed by atoms with van der Waals surface area (Å²) < 4.78 is 4.60. The number of methoxy groups -OCH3 is 1. The van der Waals surface area contributed by atoms with E-state index in [0.717, 1.165) is 16.3 Å². The van der Waals surface area contributed by atoms with E-state index in [0.29, 0.717) is 11.4 Å². The van der Waals surface area contributed by atoms with Gasteiger partial charge in [0.15, 0.2) is 0 Å². The second-order valence-corrected chi connectivity index (χ2v) is 5.76. The molecule has 1 heterocycles. The second-order valence-electron chi connectivity index (χ2n) is 5.76. The zero-order chi connectivity index (χ0) is 19.2. The molecule has 0 aliphatic carbocycles. The van der Waals surface area contributed by atoms with Crippen molar-refractivity contribution in [1.29, 1.82) is 0 Å². The maximum absolute atomic E-state index is 12.2. The van der Waals surface area contributed by atoms with Gasteiger partial charge in [-0.25, -0.2) is 0 Å². The first-order valence-electron chi connectivity index (χ1n) is 8.17. The van der Waals surface area contributed by atoms with Crippen molar-refractivity contribution in [2.75, 3.05) is 17.7 Å². The third kappa shape index (κ3) is 4.46. The summed E-state index contributed by atoms with van der Waals surface area (Å²) in [6.07, 6.45) is 3.42. The topological polar surface area (TPSA) is 97.4 Å². The molecule has 3 aromatic rings. The van der Waals surface area contributed by atoms with Gasteiger partial charge in [-0.05, 0) is 35.2 Å². The van der Waals surface area contributed by atoms with Crippen LogP contribution in [0.4, 0.5) is 11.4 Å². The van der Waals surface area contributed by atoms with Gasteiger partial charge in [0.1, 0.15) is 0 Å². The van der Waals surface area contributed by atoms with Crippen LogP contribution in [0.15, 0.2) is 60.9 Å². The summed E-state index contributed by atoms with van der Waals surface area (Å²) in [7, 11) is 1.32. The van der Waals surface area contributed by atoms with E-state index in [-0.39, 0.29) is 12.4 Å². The lowest BCUT2D eigenvalue weighted by atomic mass is 10.1. The van der Waals surface area contributed by atoms with Crippen molar-refractivity contribution in [2.45, 2.75) is 6.42 Å². The van der Waals surface area contributed by atoms with Gasteiger partial charge >= 0.3 is 17.8 Å². The molecule has 0 fully saturated rings. The molecule has 7 nitrogen and oxygen atoms in total. The zero-order valence-electron chi connectivity index (χ0n) is 14.6. The summed E-state index contributed by atoms with van der Waals surface area (Å²) in [5.74, 6) is -1.93. The number of carbonyl (C=O) groups is 3. The highest BCUT2D eigenvalue weighted by atomic mass is 16.5. The molecule has 0 atom stereocenters. The number of hydrogen-bond donors (Lipinski definition) is 2. The molecule has 0 unspecified atom stereocenters. The van der Waals surface area contributed by atoms with Crippen molar-refractivity contribution in [3.8, 4) is 0 Å². The molecule has 1 aromatic heterocycles. The number of aromatic nitrogens is 1. The Morgan fingerprint density at radius 1 is 0.963 bits per heavy atom. The third-order valence-electron chi connectivity index (χ3n) is 3.93. The monoisotopic (exact) mass is 363 g/mol. The van der Waals surface area contributed by atoms with E-state index in [1.807, 2.05) is 12.1 Å². The lowest BCUT2D eigenvalue weighted by Gasteiger charge is -2.09. The highest BCUT2D eigenvalue weighted by molar-refractivity contribution is 6.44. The smallest absolute Gasteiger partial charge is 0.314 e. The minimum atomic E-state index is -0.795. The molecule has 136 valence electrons. The van der Waals surface area contributed by atoms with Gasteiger partial charge in [-0.3, -0.25) is 19.4 Å². The predicted molar refractivity (Wildman–Crippen MR) is 101 cm³/mol. The number of pyridine rings is 1. The molecule has 2 amide bonds. The van der Waals surface area contributed by atoms with Crippen LogP contribution in [0.25, 0.3) is 10.8 Å². The maximum atomic E-state index is 12.2. The lowest BCUT2D eigenvalue weighted by Crippen LogP contribution is -2.29. The van der Waals surface area contributed by atoms with E-state index in [2.05, 4.69) is 20.4 Å². The van der Waals surface area contributed by atoms with E-state index in [4.69, 9.17) is 0 Å². The van der Waals surface area contributed by atoms with Gasteiger partial charge in [0.05, 0.1) is 19.2 Å². The summed E-state index contributed by atoms with van der Waals surface area (Å²) >= 11 is 0. The molecule has 2 N–H and O–H groups in total. The van der Waals surface area contributed by atoms with Crippen LogP contribution in [-0.2, 0) is 25.5 Å². The molecule has 7 heteroatoms. The van der Waals surface area contributed by atoms with Crippen LogP contribution < -0.4 is 10.6 Å². The van der Waals surface area contributed by atoms with E-state index in [1.165, 1.54) is 7.11 Å². The van der Waals surface area contributed by atoms with Crippen LogP contribution >= 0.6 is 0 Å². The van der Waals surface area contributed by atoms with Gasteiger partial charge in [0.2, 0.25) is 0 Å². The summed E-state index contributed by atoms with van der Waals surface area (Å²) in [4.78, 5) is 39.7. The van der Waals surface area contributed by atoms with Gasteiger partial charge in [0, 0.05) is 23.5 Å². The number of anilines is 2. The van der Waals surface area contributed by atoms with Gasteiger partial charge in [0.25, 0.3) is 0 Å². The number of amides is 2. The molecule has 0 spiro atoms. The van der Waals surface area contributed by atoms with Crippen molar-refractivity contribution in [3.05, 3.63) is 66.5 Å². The van der Waals surface area contributed by atoms with E-state index >= 15 is 0 Å². The minimum Gasteiger partial charge on any atom is -0.469 e. The first kappa shape index (κ1) is 18.1. The third-order valence-corrected chi connectivity index (χ3v) is 3.93. The fourth-order valence-corrected chi connectivity index (χ4v) is 2.53. The standard InChI is InChI=1S/C20H17N3O4/c1-27-18(24)11-13-5-7-15(8-6-13)22-19(25)20(26)23-17-4-2-3-14-9-10-21-12-16(14)17/h2-10,12H,11H2,1H3,(H,22,25)(H,23,26). The fraction of sp³-hybridized carbons (Fsp3) is 0.100. The van der Waals surface area contributed by atoms with E-state index in [1.54, 1.807) is 48.8 Å². The number of hydrogen-bond acceptors (Lipinski definition) is 5. The molecular weight excluding hydrogens is 346 g/mol. The summed E-state index contributed by atoms with van der Waals surface area (Å²) in [5, 5.41) is 6.77. The van der Waals surface area contributed by atoms with Crippen LogP contribution in [0.5, 0.6) is 0 Å². The fourth-order valence-electron chi connectivity index (χ4n) is 2.53. The summed E-state index contributed by atoms with van der Waals surface area (Å²) in [6, 6.07) is 13.8. The van der Waals surface area contributed by atoms with E-state index in [9.17, 15) is 14.4 Å². The normalized spacial score (nSPS) is 10.3. The zero-order valence-corrected chi connectivity index (χ0v) is 14.6. The van der Waals surface area contributed by atoms with Gasteiger partial charge in [-0.2, -0.15) is 0 Å². The molecule has 0 saturated carbocycles. The Labute approximate surface area is 155 Å². The maximum Gasteiger partial charge on any atom is 0.314 e. The van der Waals surface area contributed by atoms with Crippen molar-refractivity contribution >= 4 is 39.9 Å². The number of nitrogens with zero attached hydrogens (tertiary/aromatic N) is 1. The highest BCUT2D eigenvalue weighted by Gasteiger charge is 2.15. The number of rotatable bonds is 4. The number of benzene rings is 2. The molecule has 0 aliphatic rings. The van der Waals surface area contributed by atoms with Crippen LogP contribution in [0.1, 0.15) is 5.56 Å². The number of nitrogens with one attached hydrogen (secondary N) is 2. The minimum absolute atomic E-state index is 0.139. The Hall–Kier alpha value is -3.74. The van der Waals surface area contributed by atoms with Crippen LogP contribution in [-0.4, -0.2) is 29.9 Å². The Morgan fingerprint density at radius 3 is 2.44 bits per heavy atom. The molecule has 27 heavy (non-hydrogen) atoms. The highest BCUT2D eigenvalue weighted by Crippen LogP contribution is 2.22. The molecule has 0 radical (unpaired) electrons. The first-order chi connectivity index (χ1) is 13.1. The molecular formula is C20H17N3O4. The lowest BCUT2D eigenvalue weighted by molar-refractivity contribution is -0.139. The molecule has 0 saturated heterocycles. The SMILES string of the molecule is COC(=O)Cc1ccc(NC(=O)C(=O)Nc2cccc3ccncc23)cc1. The van der Waals surface area contributed by atoms with Crippen molar-refractivity contribution in [1.82, 2.24) is 4.98 Å². The Bertz CT molecular complexity index is 994. The van der Waals surface area contributed by atoms with Crippen molar-refractivity contribution in [2.24, 2.45) is 0 Å².